The average molecular weight is 334 g/mol. The van der Waals surface area contributed by atoms with Gasteiger partial charge in [-0.05, 0) is 20.8 Å². The molecule has 8 heteroatoms. The van der Waals surface area contributed by atoms with Crippen molar-refractivity contribution in [1.29, 1.82) is 0 Å². The molecule has 2 N–H and O–H groups in total. The molecule has 0 fully saturated rings. The summed E-state index contributed by atoms with van der Waals surface area (Å²) in [5.74, 6) is 3.70. The lowest BCUT2D eigenvalue weighted by Gasteiger charge is -2.19. The van der Waals surface area contributed by atoms with Gasteiger partial charge < -0.3 is 20.1 Å². The van der Waals surface area contributed by atoms with Crippen LogP contribution < -0.4 is 10.6 Å². The highest BCUT2D eigenvalue weighted by Gasteiger charge is 2.15. The molecule has 0 aliphatic heterocycles. The zero-order chi connectivity index (χ0) is 16.1. The van der Waals surface area contributed by atoms with E-state index >= 15 is 0 Å². The zero-order valence-electron chi connectivity index (χ0n) is 12.6. The number of carbonyl (C=O) groups excluding carboxylic acids is 2. The summed E-state index contributed by atoms with van der Waals surface area (Å²) < 4.78 is 9.74. The third-order valence-electron chi connectivity index (χ3n) is 1.68. The Hall–Kier alpha value is -1.20. The van der Waals surface area contributed by atoms with Crippen molar-refractivity contribution >= 4 is 33.8 Å². The number of rotatable bonds is 8. The first-order valence-electron chi connectivity index (χ1n) is 6.40. The van der Waals surface area contributed by atoms with Crippen LogP contribution in [0.1, 0.15) is 20.8 Å². The first-order chi connectivity index (χ1) is 9.85. The van der Waals surface area contributed by atoms with E-state index in [1.165, 1.54) is 0 Å². The van der Waals surface area contributed by atoms with Crippen LogP contribution in [0.15, 0.2) is 0 Å². The minimum atomic E-state index is -0.509. The zero-order valence-corrected chi connectivity index (χ0v) is 14.2. The van der Waals surface area contributed by atoms with Crippen LogP contribution in [-0.2, 0) is 9.47 Å². The summed E-state index contributed by atoms with van der Waals surface area (Å²) in [6.45, 7) is 6.46. The fourth-order valence-electron chi connectivity index (χ4n) is 0.980. The van der Waals surface area contributed by atoms with E-state index in [4.69, 9.17) is 11.2 Å². The van der Waals surface area contributed by atoms with Gasteiger partial charge in [0.05, 0.1) is 0 Å². The lowest BCUT2D eigenvalue weighted by molar-refractivity contribution is 0.0531. The predicted molar refractivity (Wildman–Crippen MR) is 87.3 cm³/mol. The molecule has 6 nitrogen and oxygen atoms in total. The summed E-state index contributed by atoms with van der Waals surface area (Å²) in [5, 5.41) is 5.24. The highest BCUT2D eigenvalue weighted by Crippen LogP contribution is 2.19. The lowest BCUT2D eigenvalue weighted by atomic mass is 10.2. The molecule has 0 aromatic rings. The monoisotopic (exact) mass is 334 g/mol. The maximum atomic E-state index is 11.3. The Labute approximate surface area is 133 Å². The second-order valence-electron chi connectivity index (χ2n) is 4.78. The predicted octanol–water partition coefficient (Wildman–Crippen LogP) is 2.25. The molecule has 0 aliphatic rings. The van der Waals surface area contributed by atoms with E-state index in [0.717, 1.165) is 11.5 Å². The Kier molecular flexibility index (Phi) is 10.8. The molecule has 0 aromatic heterocycles. The van der Waals surface area contributed by atoms with Gasteiger partial charge in [-0.15, -0.1) is 6.42 Å². The van der Waals surface area contributed by atoms with Crippen LogP contribution in [0, 0.1) is 12.3 Å². The van der Waals surface area contributed by atoms with Gasteiger partial charge in [0.15, 0.2) is 6.61 Å². The van der Waals surface area contributed by atoms with Crippen LogP contribution >= 0.6 is 21.6 Å². The van der Waals surface area contributed by atoms with Crippen molar-refractivity contribution in [1.82, 2.24) is 10.6 Å². The van der Waals surface area contributed by atoms with Crippen molar-refractivity contribution in [3.05, 3.63) is 0 Å². The Morgan fingerprint density at radius 2 is 1.62 bits per heavy atom. The number of carbonyl (C=O) groups is 2. The molecule has 0 aliphatic carbocycles. The number of hydrogen-bond acceptors (Lipinski definition) is 6. The van der Waals surface area contributed by atoms with Gasteiger partial charge in [0.2, 0.25) is 0 Å². The number of nitrogens with one attached hydrogen (secondary N) is 2. The summed E-state index contributed by atoms with van der Waals surface area (Å²) in [4.78, 5) is 22.4. The van der Waals surface area contributed by atoms with E-state index in [9.17, 15) is 9.59 Å². The fraction of sp³-hybridized carbons (Fsp3) is 0.692. The van der Waals surface area contributed by atoms with Gasteiger partial charge in [0, 0.05) is 24.6 Å². The first kappa shape index (κ1) is 19.8. The molecule has 0 radical (unpaired) electrons. The van der Waals surface area contributed by atoms with Gasteiger partial charge in [-0.1, -0.05) is 27.5 Å². The number of ether oxygens (including phenoxy) is 2. The molecule has 0 aromatic carbocycles. The van der Waals surface area contributed by atoms with Crippen LogP contribution in [0.25, 0.3) is 0 Å². The minimum absolute atomic E-state index is 0.0237. The fourth-order valence-corrected chi connectivity index (χ4v) is 2.79. The van der Waals surface area contributed by atoms with E-state index in [0.29, 0.717) is 13.1 Å². The maximum absolute atomic E-state index is 11.3. The van der Waals surface area contributed by atoms with E-state index < -0.39 is 17.8 Å². The Balaban J connectivity index is 3.35. The third-order valence-corrected chi connectivity index (χ3v) is 4.09. The average Bonchev–Trinajstić information content (AvgIpc) is 2.37. The summed E-state index contributed by atoms with van der Waals surface area (Å²) in [7, 11) is 3.20. The maximum Gasteiger partial charge on any atom is 0.408 e. The molecule has 0 saturated heterocycles. The standard InChI is InChI=1S/C13H22N2O4S2/c1-5-8-18-11(16)14-6-9-20-21-10-7-15-12(17)19-13(2,3)4/h1H,6-10H2,2-4H3,(H,14,16)(H,15,17). The number of alkyl carbamates (subject to hydrolysis) is 2. The normalized spacial score (nSPS) is 10.4. The molecule has 0 unspecified atom stereocenters. The molecule has 0 atom stereocenters. The molecule has 2 amide bonds. The minimum Gasteiger partial charge on any atom is -0.444 e. The second-order valence-corrected chi connectivity index (χ2v) is 7.48. The van der Waals surface area contributed by atoms with Gasteiger partial charge in [0.1, 0.15) is 5.60 Å². The van der Waals surface area contributed by atoms with Crippen LogP contribution in [0.5, 0.6) is 0 Å². The van der Waals surface area contributed by atoms with E-state index in [-0.39, 0.29) is 6.61 Å². The van der Waals surface area contributed by atoms with Gasteiger partial charge >= 0.3 is 12.2 Å². The molecule has 0 bridgehead atoms. The van der Waals surface area contributed by atoms with Crippen LogP contribution in [0.4, 0.5) is 9.59 Å². The molecule has 21 heavy (non-hydrogen) atoms. The van der Waals surface area contributed by atoms with Crippen molar-refractivity contribution in [2.24, 2.45) is 0 Å². The van der Waals surface area contributed by atoms with Gasteiger partial charge in [-0.25, -0.2) is 9.59 Å². The topological polar surface area (TPSA) is 76.7 Å². The number of hydrogen-bond donors (Lipinski definition) is 2. The van der Waals surface area contributed by atoms with Crippen LogP contribution in [-0.4, -0.2) is 49.0 Å². The Morgan fingerprint density at radius 3 is 2.10 bits per heavy atom. The lowest BCUT2D eigenvalue weighted by Crippen LogP contribution is -2.33. The van der Waals surface area contributed by atoms with E-state index in [2.05, 4.69) is 21.3 Å². The molecule has 120 valence electrons. The third kappa shape index (κ3) is 15.0. The van der Waals surface area contributed by atoms with Gasteiger partial charge in [-0.3, -0.25) is 0 Å². The van der Waals surface area contributed by atoms with Crippen molar-refractivity contribution in [3.8, 4) is 12.3 Å². The summed E-state index contributed by atoms with van der Waals surface area (Å²) in [6.07, 6.45) is 4.03. The Bertz CT molecular complexity index is 364. The largest absolute Gasteiger partial charge is 0.444 e. The number of terminal acetylenes is 1. The summed E-state index contributed by atoms with van der Waals surface area (Å²) >= 11 is 0. The van der Waals surface area contributed by atoms with Crippen LogP contribution in [0.3, 0.4) is 0 Å². The van der Waals surface area contributed by atoms with Crippen molar-refractivity contribution in [2.75, 3.05) is 31.2 Å². The summed E-state index contributed by atoms with van der Waals surface area (Å²) in [6, 6.07) is 0. The molecule has 0 rings (SSSR count). The summed E-state index contributed by atoms with van der Waals surface area (Å²) in [5.41, 5.74) is -0.480. The number of amides is 2. The van der Waals surface area contributed by atoms with Gasteiger partial charge in [0.25, 0.3) is 0 Å². The van der Waals surface area contributed by atoms with Crippen molar-refractivity contribution in [3.63, 3.8) is 0 Å². The van der Waals surface area contributed by atoms with E-state index in [1.54, 1.807) is 21.6 Å². The van der Waals surface area contributed by atoms with Crippen LogP contribution in [0.2, 0.25) is 0 Å². The highest BCUT2D eigenvalue weighted by atomic mass is 33.1. The molecule has 0 saturated carbocycles. The van der Waals surface area contributed by atoms with E-state index in [1.807, 2.05) is 20.8 Å². The smallest absolute Gasteiger partial charge is 0.408 e. The molecule has 0 spiro atoms. The second kappa shape index (κ2) is 11.5. The molecule has 0 heterocycles. The first-order valence-corrected chi connectivity index (χ1v) is 8.89. The highest BCUT2D eigenvalue weighted by molar-refractivity contribution is 8.76. The Morgan fingerprint density at radius 1 is 1.10 bits per heavy atom. The van der Waals surface area contributed by atoms with Crippen molar-refractivity contribution in [2.45, 2.75) is 26.4 Å². The SMILES string of the molecule is C#CCOC(=O)NCCSSCCNC(=O)OC(C)(C)C. The van der Waals surface area contributed by atoms with Gasteiger partial charge in [-0.2, -0.15) is 0 Å². The van der Waals surface area contributed by atoms with Crippen molar-refractivity contribution < 1.29 is 19.1 Å². The molecular weight excluding hydrogens is 312 g/mol. The quantitative estimate of drug-likeness (QED) is 0.403. The molecular formula is C13H22N2O4S2.